The Morgan fingerprint density at radius 2 is 2.22 bits per heavy atom. The van der Waals surface area contributed by atoms with Crippen LogP contribution in [0.3, 0.4) is 0 Å². The average molecular weight is 245 g/mol. The van der Waals surface area contributed by atoms with Gasteiger partial charge in [0.1, 0.15) is 11.3 Å². The van der Waals surface area contributed by atoms with Gasteiger partial charge in [-0.05, 0) is 19.1 Å². The van der Waals surface area contributed by atoms with E-state index >= 15 is 0 Å². The average Bonchev–Trinajstić information content (AvgIpc) is 2.92. The fourth-order valence-corrected chi connectivity index (χ4v) is 1.91. The van der Waals surface area contributed by atoms with Gasteiger partial charge in [-0.3, -0.25) is 0 Å². The van der Waals surface area contributed by atoms with E-state index in [2.05, 4.69) is 5.16 Å². The van der Waals surface area contributed by atoms with Crippen LogP contribution in [0.25, 0.3) is 11.0 Å². The van der Waals surface area contributed by atoms with Gasteiger partial charge in [0.25, 0.3) is 0 Å². The van der Waals surface area contributed by atoms with Gasteiger partial charge in [0.2, 0.25) is 5.60 Å². The van der Waals surface area contributed by atoms with Crippen LogP contribution in [0.5, 0.6) is 0 Å². The lowest BCUT2D eigenvalue weighted by Crippen LogP contribution is -2.35. The first-order valence-corrected chi connectivity index (χ1v) is 5.56. The predicted molar refractivity (Wildman–Crippen MR) is 64.5 cm³/mol. The number of para-hydroxylation sites is 1. The molecule has 1 atom stereocenters. The zero-order valence-corrected chi connectivity index (χ0v) is 9.71. The highest BCUT2D eigenvalue weighted by Gasteiger charge is 2.43. The van der Waals surface area contributed by atoms with Crippen molar-refractivity contribution in [2.45, 2.75) is 18.9 Å². The van der Waals surface area contributed by atoms with Gasteiger partial charge in [-0.1, -0.05) is 23.4 Å². The molecule has 1 aliphatic rings. The second kappa shape index (κ2) is 3.60. The third-order valence-electron chi connectivity index (χ3n) is 3.02. The molecule has 0 amide bonds. The fourth-order valence-electron chi connectivity index (χ4n) is 1.91. The SMILES string of the molecule is CC1(C(=O)O)CC(c2cc3ccccc3o2)=NO1. The molecule has 1 N–H and O–H groups in total. The third kappa shape index (κ3) is 1.55. The minimum absolute atomic E-state index is 0.197. The number of benzene rings is 1. The van der Waals surface area contributed by atoms with Crippen molar-refractivity contribution in [3.63, 3.8) is 0 Å². The molecule has 1 aromatic carbocycles. The molecule has 2 aromatic rings. The third-order valence-corrected chi connectivity index (χ3v) is 3.02. The van der Waals surface area contributed by atoms with Crippen molar-refractivity contribution in [3.05, 3.63) is 36.1 Å². The summed E-state index contributed by atoms with van der Waals surface area (Å²) in [4.78, 5) is 16.0. The Labute approximate surface area is 103 Å². The minimum Gasteiger partial charge on any atom is -0.478 e. The van der Waals surface area contributed by atoms with Crippen molar-refractivity contribution >= 4 is 22.7 Å². The smallest absolute Gasteiger partial charge is 0.351 e. The molecule has 0 aliphatic carbocycles. The summed E-state index contributed by atoms with van der Waals surface area (Å²) in [5.74, 6) is -0.474. The van der Waals surface area contributed by atoms with E-state index in [0.29, 0.717) is 11.5 Å². The van der Waals surface area contributed by atoms with Crippen LogP contribution in [0.1, 0.15) is 19.1 Å². The van der Waals surface area contributed by atoms with E-state index in [1.165, 1.54) is 6.92 Å². The molecule has 0 fully saturated rings. The maximum atomic E-state index is 11.0. The van der Waals surface area contributed by atoms with Gasteiger partial charge in [-0.15, -0.1) is 0 Å². The summed E-state index contributed by atoms with van der Waals surface area (Å²) in [5, 5.41) is 13.8. The van der Waals surface area contributed by atoms with Crippen LogP contribution >= 0.6 is 0 Å². The number of nitrogens with zero attached hydrogens (tertiary/aromatic N) is 1. The molecule has 1 unspecified atom stereocenters. The summed E-state index contributed by atoms with van der Waals surface area (Å²) in [6.45, 7) is 1.49. The van der Waals surface area contributed by atoms with Crippen molar-refractivity contribution in [1.82, 2.24) is 0 Å². The van der Waals surface area contributed by atoms with E-state index in [4.69, 9.17) is 14.4 Å². The van der Waals surface area contributed by atoms with Crippen LogP contribution in [0.15, 0.2) is 39.9 Å². The molecule has 3 rings (SSSR count). The zero-order valence-electron chi connectivity index (χ0n) is 9.71. The van der Waals surface area contributed by atoms with E-state index in [-0.39, 0.29) is 6.42 Å². The molecule has 1 aliphatic heterocycles. The normalized spacial score (nSPS) is 22.8. The maximum Gasteiger partial charge on any atom is 0.351 e. The van der Waals surface area contributed by atoms with Gasteiger partial charge in [0.15, 0.2) is 5.76 Å². The molecule has 2 heterocycles. The Bertz CT molecular complexity index is 625. The van der Waals surface area contributed by atoms with Crippen LogP contribution in [-0.2, 0) is 9.63 Å². The monoisotopic (exact) mass is 245 g/mol. The summed E-state index contributed by atoms with van der Waals surface area (Å²) < 4.78 is 5.62. The number of furan rings is 1. The van der Waals surface area contributed by atoms with Crippen LogP contribution in [-0.4, -0.2) is 22.4 Å². The van der Waals surface area contributed by atoms with E-state index in [0.717, 1.165) is 11.0 Å². The predicted octanol–water partition coefficient (Wildman–Crippen LogP) is 2.40. The lowest BCUT2D eigenvalue weighted by molar-refractivity contribution is -0.160. The lowest BCUT2D eigenvalue weighted by Gasteiger charge is -2.14. The van der Waals surface area contributed by atoms with Crippen LogP contribution < -0.4 is 0 Å². The molecule has 1 aromatic heterocycles. The quantitative estimate of drug-likeness (QED) is 0.881. The van der Waals surface area contributed by atoms with E-state index in [9.17, 15) is 4.79 Å². The zero-order chi connectivity index (χ0) is 12.8. The number of carbonyl (C=O) groups is 1. The van der Waals surface area contributed by atoms with Crippen LogP contribution in [0.2, 0.25) is 0 Å². The van der Waals surface area contributed by atoms with Gasteiger partial charge >= 0.3 is 5.97 Å². The van der Waals surface area contributed by atoms with Crippen molar-refractivity contribution in [3.8, 4) is 0 Å². The Kier molecular flexibility index (Phi) is 2.16. The number of aliphatic carboxylic acids is 1. The fraction of sp³-hybridized carbons (Fsp3) is 0.231. The van der Waals surface area contributed by atoms with Gasteiger partial charge in [-0.2, -0.15) is 0 Å². The first-order valence-electron chi connectivity index (χ1n) is 5.56. The minimum atomic E-state index is -1.30. The highest BCUT2D eigenvalue weighted by Crippen LogP contribution is 2.29. The first kappa shape index (κ1) is 10.8. The molecule has 18 heavy (non-hydrogen) atoms. The Morgan fingerprint density at radius 1 is 1.44 bits per heavy atom. The number of fused-ring (bicyclic) bond motifs is 1. The van der Waals surface area contributed by atoms with Gasteiger partial charge in [0, 0.05) is 5.39 Å². The Morgan fingerprint density at radius 3 is 2.89 bits per heavy atom. The molecule has 0 saturated heterocycles. The van der Waals surface area contributed by atoms with E-state index in [1.54, 1.807) is 0 Å². The van der Waals surface area contributed by atoms with Crippen LogP contribution in [0, 0.1) is 0 Å². The molecular weight excluding hydrogens is 234 g/mol. The van der Waals surface area contributed by atoms with E-state index in [1.807, 2.05) is 30.3 Å². The summed E-state index contributed by atoms with van der Waals surface area (Å²) in [7, 11) is 0. The van der Waals surface area contributed by atoms with Crippen molar-refractivity contribution < 1.29 is 19.2 Å². The van der Waals surface area contributed by atoms with Gasteiger partial charge in [-0.25, -0.2) is 4.79 Å². The van der Waals surface area contributed by atoms with E-state index < -0.39 is 11.6 Å². The Hall–Kier alpha value is -2.30. The summed E-state index contributed by atoms with van der Waals surface area (Å²) in [6, 6.07) is 9.41. The number of hydrogen-bond acceptors (Lipinski definition) is 4. The molecule has 0 saturated carbocycles. The number of rotatable bonds is 2. The highest BCUT2D eigenvalue weighted by atomic mass is 16.7. The molecule has 0 bridgehead atoms. The van der Waals surface area contributed by atoms with Crippen molar-refractivity contribution in [2.24, 2.45) is 5.16 Å². The molecular formula is C13H11NO4. The largest absolute Gasteiger partial charge is 0.478 e. The molecule has 0 spiro atoms. The second-order valence-corrected chi connectivity index (χ2v) is 4.49. The number of carboxylic acids is 1. The summed E-state index contributed by atoms with van der Waals surface area (Å²) >= 11 is 0. The molecule has 5 nitrogen and oxygen atoms in total. The van der Waals surface area contributed by atoms with Crippen molar-refractivity contribution in [1.29, 1.82) is 0 Å². The van der Waals surface area contributed by atoms with Crippen LogP contribution in [0.4, 0.5) is 0 Å². The number of oxime groups is 1. The number of carboxylic acid groups (broad SMARTS) is 1. The highest BCUT2D eigenvalue weighted by molar-refractivity contribution is 6.04. The summed E-state index contributed by atoms with van der Waals surface area (Å²) in [6.07, 6.45) is 0.197. The van der Waals surface area contributed by atoms with Crippen molar-refractivity contribution in [2.75, 3.05) is 0 Å². The molecule has 5 heteroatoms. The Balaban J connectivity index is 1.95. The standard InChI is InChI=1S/C13H11NO4/c1-13(12(15)16)7-9(14-18-13)11-6-8-4-2-3-5-10(8)17-11/h2-6H,7H2,1H3,(H,15,16). The first-order chi connectivity index (χ1) is 8.58. The maximum absolute atomic E-state index is 11.0. The topological polar surface area (TPSA) is 72.0 Å². The second-order valence-electron chi connectivity index (χ2n) is 4.49. The lowest BCUT2D eigenvalue weighted by atomic mass is 9.99. The number of hydrogen-bond donors (Lipinski definition) is 1. The van der Waals surface area contributed by atoms with Gasteiger partial charge in [0.05, 0.1) is 6.42 Å². The molecule has 92 valence electrons. The van der Waals surface area contributed by atoms with Gasteiger partial charge < -0.3 is 14.4 Å². The summed E-state index contributed by atoms with van der Waals surface area (Å²) in [5.41, 5.74) is -0.0240. The molecule has 0 radical (unpaired) electrons.